The SMILES string of the molecule is CC(C)(CO)Cn1c(=O)c(C(=O)NC2CC2)c(O)n2nc(Nc3cnccn3)cc12. The van der Waals surface area contributed by atoms with E-state index in [-0.39, 0.29) is 30.4 Å². The van der Waals surface area contributed by atoms with Crippen molar-refractivity contribution in [2.24, 2.45) is 5.41 Å². The molecule has 1 aliphatic rings. The van der Waals surface area contributed by atoms with Crippen molar-refractivity contribution >= 4 is 23.2 Å². The fourth-order valence-electron chi connectivity index (χ4n) is 3.03. The Morgan fingerprint density at radius 2 is 2.07 bits per heavy atom. The molecule has 158 valence electrons. The quantitative estimate of drug-likeness (QED) is 0.441. The largest absolute Gasteiger partial charge is 0.492 e. The van der Waals surface area contributed by atoms with Crippen molar-refractivity contribution in [3.05, 3.63) is 40.6 Å². The van der Waals surface area contributed by atoms with Crippen LogP contribution in [0.4, 0.5) is 11.6 Å². The molecule has 0 saturated heterocycles. The summed E-state index contributed by atoms with van der Waals surface area (Å²) in [5, 5.41) is 30.4. The fraction of sp³-hybridized carbons (Fsp3) is 0.421. The highest BCUT2D eigenvalue weighted by Crippen LogP contribution is 2.25. The van der Waals surface area contributed by atoms with Crippen LogP contribution < -0.4 is 16.2 Å². The Morgan fingerprint density at radius 1 is 1.30 bits per heavy atom. The number of aliphatic hydroxyl groups excluding tert-OH is 1. The van der Waals surface area contributed by atoms with Crippen LogP contribution in [0.3, 0.4) is 0 Å². The molecule has 3 heterocycles. The molecule has 1 amide bonds. The van der Waals surface area contributed by atoms with Gasteiger partial charge in [-0.15, -0.1) is 5.10 Å². The third kappa shape index (κ3) is 3.83. The number of hydrogen-bond donors (Lipinski definition) is 4. The zero-order valence-corrected chi connectivity index (χ0v) is 16.7. The maximum Gasteiger partial charge on any atom is 0.270 e. The van der Waals surface area contributed by atoms with Crippen molar-refractivity contribution in [1.29, 1.82) is 0 Å². The van der Waals surface area contributed by atoms with Crippen LogP contribution in [0.5, 0.6) is 5.88 Å². The highest BCUT2D eigenvalue weighted by atomic mass is 16.3. The number of aliphatic hydroxyl groups is 1. The molecule has 11 nitrogen and oxygen atoms in total. The van der Waals surface area contributed by atoms with Gasteiger partial charge < -0.3 is 20.8 Å². The fourth-order valence-corrected chi connectivity index (χ4v) is 3.03. The second-order valence-corrected chi connectivity index (χ2v) is 8.18. The van der Waals surface area contributed by atoms with Crippen molar-refractivity contribution in [1.82, 2.24) is 29.5 Å². The first-order chi connectivity index (χ1) is 14.3. The van der Waals surface area contributed by atoms with E-state index in [1.807, 2.05) is 0 Å². The van der Waals surface area contributed by atoms with Gasteiger partial charge in [-0.3, -0.25) is 19.1 Å². The number of nitrogens with one attached hydrogen (secondary N) is 2. The summed E-state index contributed by atoms with van der Waals surface area (Å²) in [6.45, 7) is 3.53. The van der Waals surface area contributed by atoms with E-state index in [2.05, 4.69) is 25.7 Å². The molecule has 0 unspecified atom stereocenters. The number of hydrogen-bond acceptors (Lipinski definition) is 8. The third-order valence-corrected chi connectivity index (χ3v) is 4.82. The zero-order chi connectivity index (χ0) is 21.5. The third-order valence-electron chi connectivity index (χ3n) is 4.82. The van der Waals surface area contributed by atoms with Gasteiger partial charge in [0.15, 0.2) is 11.4 Å². The number of nitrogens with zero attached hydrogens (tertiary/aromatic N) is 5. The van der Waals surface area contributed by atoms with Crippen molar-refractivity contribution < 1.29 is 15.0 Å². The van der Waals surface area contributed by atoms with Gasteiger partial charge in [-0.2, -0.15) is 4.52 Å². The molecule has 0 atom stereocenters. The Balaban J connectivity index is 1.85. The van der Waals surface area contributed by atoms with Gasteiger partial charge in [0.25, 0.3) is 11.5 Å². The van der Waals surface area contributed by atoms with Gasteiger partial charge in [0.2, 0.25) is 5.88 Å². The van der Waals surface area contributed by atoms with Crippen LogP contribution in [0.25, 0.3) is 5.65 Å². The minimum Gasteiger partial charge on any atom is -0.492 e. The lowest BCUT2D eigenvalue weighted by molar-refractivity contribution is 0.0943. The standard InChI is InChI=1S/C19H23N7O4/c1-19(2,10-27)9-25-14-7-12(23-13-8-20-5-6-21-13)24-26(14)18(30)15(17(25)29)16(28)22-11-3-4-11/h5-8,11,27,30H,3-4,9-10H2,1-2H3,(H,22,28)(H,21,23,24). The van der Waals surface area contributed by atoms with Crippen LogP contribution in [0.15, 0.2) is 29.5 Å². The topological polar surface area (TPSA) is 147 Å². The molecule has 0 radical (unpaired) electrons. The van der Waals surface area contributed by atoms with Crippen molar-refractivity contribution in [3.8, 4) is 5.88 Å². The van der Waals surface area contributed by atoms with E-state index in [1.54, 1.807) is 19.9 Å². The number of aromatic hydroxyl groups is 1. The molecule has 1 fully saturated rings. The van der Waals surface area contributed by atoms with Crippen molar-refractivity contribution in [3.63, 3.8) is 0 Å². The number of aromatic nitrogens is 5. The monoisotopic (exact) mass is 413 g/mol. The predicted molar refractivity (Wildman–Crippen MR) is 108 cm³/mol. The van der Waals surface area contributed by atoms with Crippen LogP contribution in [-0.2, 0) is 6.54 Å². The number of amides is 1. The molecular formula is C19H23N7O4. The van der Waals surface area contributed by atoms with Crippen molar-refractivity contribution in [2.75, 3.05) is 11.9 Å². The molecule has 0 bridgehead atoms. The summed E-state index contributed by atoms with van der Waals surface area (Å²) in [5.41, 5.74) is -1.40. The van der Waals surface area contributed by atoms with Gasteiger partial charge in [-0.1, -0.05) is 13.8 Å². The van der Waals surface area contributed by atoms with Crippen LogP contribution >= 0.6 is 0 Å². The van der Waals surface area contributed by atoms with E-state index in [1.165, 1.54) is 23.2 Å². The summed E-state index contributed by atoms with van der Waals surface area (Å²) >= 11 is 0. The molecule has 0 spiro atoms. The smallest absolute Gasteiger partial charge is 0.270 e. The first-order valence-electron chi connectivity index (χ1n) is 9.59. The molecule has 3 aromatic heterocycles. The number of carbonyl (C=O) groups excluding carboxylic acids is 1. The molecule has 0 aromatic carbocycles. The van der Waals surface area contributed by atoms with Gasteiger partial charge in [-0.05, 0) is 12.8 Å². The number of anilines is 2. The zero-order valence-electron chi connectivity index (χ0n) is 16.7. The lowest BCUT2D eigenvalue weighted by atomic mass is 9.95. The van der Waals surface area contributed by atoms with Gasteiger partial charge in [-0.25, -0.2) is 4.98 Å². The van der Waals surface area contributed by atoms with E-state index >= 15 is 0 Å². The summed E-state index contributed by atoms with van der Waals surface area (Å²) in [6, 6.07) is 1.58. The van der Waals surface area contributed by atoms with Crippen LogP contribution in [-0.4, -0.2) is 52.9 Å². The van der Waals surface area contributed by atoms with Gasteiger partial charge in [0.1, 0.15) is 11.5 Å². The van der Waals surface area contributed by atoms with Gasteiger partial charge in [0, 0.05) is 43.1 Å². The first-order valence-corrected chi connectivity index (χ1v) is 9.59. The average molecular weight is 413 g/mol. The predicted octanol–water partition coefficient (Wildman–Crippen LogP) is 0.646. The number of rotatable bonds is 7. The minimum absolute atomic E-state index is 0.0147. The summed E-state index contributed by atoms with van der Waals surface area (Å²) in [4.78, 5) is 33.9. The Bertz CT molecular complexity index is 1150. The lowest BCUT2D eigenvalue weighted by Gasteiger charge is -2.23. The van der Waals surface area contributed by atoms with Gasteiger partial charge >= 0.3 is 0 Å². The molecule has 11 heteroatoms. The normalized spacial score (nSPS) is 14.1. The number of carbonyl (C=O) groups is 1. The Hall–Kier alpha value is -3.47. The molecule has 1 aliphatic carbocycles. The molecule has 3 aromatic rings. The Labute approximate surface area is 171 Å². The summed E-state index contributed by atoms with van der Waals surface area (Å²) in [6.07, 6.45) is 6.22. The lowest BCUT2D eigenvalue weighted by Crippen LogP contribution is -2.38. The highest BCUT2D eigenvalue weighted by Gasteiger charge is 2.30. The molecule has 4 N–H and O–H groups in total. The highest BCUT2D eigenvalue weighted by molar-refractivity contribution is 5.96. The molecule has 1 saturated carbocycles. The molecule has 30 heavy (non-hydrogen) atoms. The Morgan fingerprint density at radius 3 is 2.70 bits per heavy atom. The second kappa shape index (κ2) is 7.41. The van der Waals surface area contributed by atoms with E-state index in [0.29, 0.717) is 11.6 Å². The second-order valence-electron chi connectivity index (χ2n) is 8.18. The summed E-state index contributed by atoms with van der Waals surface area (Å²) in [7, 11) is 0. The van der Waals surface area contributed by atoms with Gasteiger partial charge in [0.05, 0.1) is 6.20 Å². The Kier molecular flexibility index (Phi) is 4.90. The van der Waals surface area contributed by atoms with Crippen LogP contribution in [0.1, 0.15) is 37.0 Å². The average Bonchev–Trinajstić information content (AvgIpc) is 3.42. The van der Waals surface area contributed by atoms with Crippen LogP contribution in [0.2, 0.25) is 0 Å². The maximum atomic E-state index is 13.2. The maximum absolute atomic E-state index is 13.2. The first kappa shape index (κ1) is 19.8. The number of fused-ring (bicyclic) bond motifs is 1. The van der Waals surface area contributed by atoms with Crippen molar-refractivity contribution in [2.45, 2.75) is 39.3 Å². The minimum atomic E-state index is -0.648. The molecular weight excluding hydrogens is 390 g/mol. The van der Waals surface area contributed by atoms with Crippen LogP contribution in [0, 0.1) is 5.41 Å². The van der Waals surface area contributed by atoms with E-state index in [0.717, 1.165) is 17.4 Å². The van der Waals surface area contributed by atoms with E-state index in [9.17, 15) is 19.8 Å². The molecule has 0 aliphatic heterocycles. The van der Waals surface area contributed by atoms with E-state index in [4.69, 9.17) is 0 Å². The summed E-state index contributed by atoms with van der Waals surface area (Å²) in [5.74, 6) is -0.452. The molecule has 4 rings (SSSR count). The van der Waals surface area contributed by atoms with E-state index < -0.39 is 22.8 Å². The summed E-state index contributed by atoms with van der Waals surface area (Å²) < 4.78 is 2.47.